The Bertz CT molecular complexity index is 915. The van der Waals surface area contributed by atoms with Gasteiger partial charge in [0.1, 0.15) is 5.15 Å². The van der Waals surface area contributed by atoms with E-state index >= 15 is 0 Å². The minimum absolute atomic E-state index is 0.0320. The summed E-state index contributed by atoms with van der Waals surface area (Å²) >= 11 is 8.32. The van der Waals surface area contributed by atoms with Crippen LogP contribution in [0.5, 0.6) is 0 Å². The molecule has 1 amide bonds. The highest BCUT2D eigenvalue weighted by Crippen LogP contribution is 2.25. The smallest absolute Gasteiger partial charge is 0.258 e. The molecule has 1 aliphatic heterocycles. The molecule has 0 aliphatic carbocycles. The number of amides is 1. The van der Waals surface area contributed by atoms with E-state index in [9.17, 15) is 4.79 Å². The van der Waals surface area contributed by atoms with Crippen molar-refractivity contribution < 1.29 is 4.79 Å². The monoisotopic (exact) mass is 400 g/mol. The number of thiophene rings is 1. The summed E-state index contributed by atoms with van der Waals surface area (Å²) in [7, 11) is 0. The van der Waals surface area contributed by atoms with Crippen molar-refractivity contribution in [3.8, 4) is 5.69 Å². The van der Waals surface area contributed by atoms with Crippen LogP contribution in [0.1, 0.15) is 20.9 Å². The molecule has 0 spiro atoms. The first kappa shape index (κ1) is 18.2. The van der Waals surface area contributed by atoms with E-state index in [0.717, 1.165) is 25.3 Å². The number of nitrogens with zero attached hydrogens (tertiary/aromatic N) is 4. The summed E-state index contributed by atoms with van der Waals surface area (Å²) in [6.07, 6.45) is 0. The lowest BCUT2D eigenvalue weighted by atomic mass is 10.2. The van der Waals surface area contributed by atoms with Gasteiger partial charge in [-0.15, -0.1) is 11.3 Å². The first-order valence-corrected chi connectivity index (χ1v) is 10.2. The first-order chi connectivity index (χ1) is 13.1. The third kappa shape index (κ3) is 3.78. The van der Waals surface area contributed by atoms with E-state index in [-0.39, 0.29) is 5.91 Å². The molecule has 5 nitrogen and oxygen atoms in total. The Morgan fingerprint density at radius 1 is 1.11 bits per heavy atom. The average Bonchev–Trinajstić information content (AvgIpc) is 3.30. The van der Waals surface area contributed by atoms with Gasteiger partial charge >= 0.3 is 0 Å². The van der Waals surface area contributed by atoms with Crippen LogP contribution in [0.2, 0.25) is 5.15 Å². The lowest BCUT2D eigenvalue weighted by Gasteiger charge is -2.34. The number of hydrogen-bond donors (Lipinski definition) is 0. The number of rotatable bonds is 4. The van der Waals surface area contributed by atoms with Gasteiger partial charge in [0.15, 0.2) is 0 Å². The maximum absolute atomic E-state index is 13.1. The fourth-order valence-electron chi connectivity index (χ4n) is 3.37. The van der Waals surface area contributed by atoms with Gasteiger partial charge in [0, 0.05) is 37.6 Å². The normalized spacial score (nSPS) is 15.3. The second-order valence-corrected chi connectivity index (χ2v) is 8.04. The standard InChI is InChI=1S/C20H21ClN4OS/c1-15-18(19(21)25(22-15)16-6-3-2-4-7-16)20(26)24-11-9-23(10-12-24)14-17-8-5-13-27-17/h2-8,13H,9-12,14H2,1H3. The van der Waals surface area contributed by atoms with Crippen LogP contribution in [0.3, 0.4) is 0 Å². The average molecular weight is 401 g/mol. The molecule has 4 rings (SSSR count). The lowest BCUT2D eigenvalue weighted by molar-refractivity contribution is 0.0629. The second-order valence-electron chi connectivity index (χ2n) is 6.65. The number of aryl methyl sites for hydroxylation is 1. The number of benzene rings is 1. The zero-order valence-corrected chi connectivity index (χ0v) is 16.7. The molecule has 0 unspecified atom stereocenters. The van der Waals surface area contributed by atoms with Crippen molar-refractivity contribution in [1.82, 2.24) is 19.6 Å². The van der Waals surface area contributed by atoms with Gasteiger partial charge in [-0.2, -0.15) is 5.10 Å². The van der Waals surface area contributed by atoms with E-state index < -0.39 is 0 Å². The van der Waals surface area contributed by atoms with Crippen LogP contribution in [-0.4, -0.2) is 51.7 Å². The highest BCUT2D eigenvalue weighted by molar-refractivity contribution is 7.09. The van der Waals surface area contributed by atoms with E-state index in [1.54, 1.807) is 16.0 Å². The molecule has 0 radical (unpaired) electrons. The van der Waals surface area contributed by atoms with Crippen LogP contribution in [0.25, 0.3) is 5.69 Å². The molecule has 2 aromatic heterocycles. The molecule has 7 heteroatoms. The van der Waals surface area contributed by atoms with Crippen molar-refractivity contribution in [2.24, 2.45) is 0 Å². The number of para-hydroxylation sites is 1. The molecule has 1 fully saturated rings. The zero-order valence-electron chi connectivity index (χ0n) is 15.1. The maximum Gasteiger partial charge on any atom is 0.258 e. The van der Waals surface area contributed by atoms with E-state index in [1.165, 1.54) is 4.88 Å². The Hall–Kier alpha value is -2.15. The van der Waals surface area contributed by atoms with E-state index in [2.05, 4.69) is 27.5 Å². The first-order valence-electron chi connectivity index (χ1n) is 8.98. The van der Waals surface area contributed by atoms with Gasteiger partial charge in [0.05, 0.1) is 16.9 Å². The number of halogens is 1. The van der Waals surface area contributed by atoms with Crippen molar-refractivity contribution in [1.29, 1.82) is 0 Å². The molecule has 0 bridgehead atoms. The summed E-state index contributed by atoms with van der Waals surface area (Å²) < 4.78 is 1.64. The van der Waals surface area contributed by atoms with Gasteiger partial charge in [0.25, 0.3) is 5.91 Å². The molecule has 1 saturated heterocycles. The van der Waals surface area contributed by atoms with E-state index in [1.807, 2.05) is 42.2 Å². The summed E-state index contributed by atoms with van der Waals surface area (Å²) in [6, 6.07) is 13.9. The van der Waals surface area contributed by atoms with Crippen LogP contribution in [0.4, 0.5) is 0 Å². The molecule has 140 valence electrons. The van der Waals surface area contributed by atoms with Crippen molar-refractivity contribution in [2.45, 2.75) is 13.5 Å². The fourth-order valence-corrected chi connectivity index (χ4v) is 4.47. The van der Waals surface area contributed by atoms with Gasteiger partial charge in [-0.3, -0.25) is 9.69 Å². The van der Waals surface area contributed by atoms with Gasteiger partial charge in [-0.1, -0.05) is 35.9 Å². The number of carbonyl (C=O) groups is 1. The Morgan fingerprint density at radius 2 is 1.85 bits per heavy atom. The topological polar surface area (TPSA) is 41.4 Å². The lowest BCUT2D eigenvalue weighted by Crippen LogP contribution is -2.48. The third-order valence-corrected chi connectivity index (χ3v) is 6.05. The molecule has 0 atom stereocenters. The second kappa shape index (κ2) is 7.84. The van der Waals surface area contributed by atoms with Gasteiger partial charge < -0.3 is 4.90 Å². The minimum atomic E-state index is -0.0320. The predicted molar refractivity (Wildman–Crippen MR) is 109 cm³/mol. The summed E-state index contributed by atoms with van der Waals surface area (Å²) in [5.74, 6) is -0.0320. The fraction of sp³-hybridized carbons (Fsp3) is 0.300. The Morgan fingerprint density at radius 3 is 2.52 bits per heavy atom. The molecule has 1 aliphatic rings. The Balaban J connectivity index is 1.47. The van der Waals surface area contributed by atoms with Crippen LogP contribution < -0.4 is 0 Å². The van der Waals surface area contributed by atoms with Crippen LogP contribution >= 0.6 is 22.9 Å². The Labute approximate surface area is 167 Å². The van der Waals surface area contributed by atoms with Crippen LogP contribution in [0.15, 0.2) is 47.8 Å². The summed E-state index contributed by atoms with van der Waals surface area (Å²) in [5, 5.41) is 6.97. The van der Waals surface area contributed by atoms with Crippen molar-refractivity contribution >= 4 is 28.8 Å². The van der Waals surface area contributed by atoms with E-state index in [4.69, 9.17) is 11.6 Å². The molecule has 27 heavy (non-hydrogen) atoms. The molecule has 0 N–H and O–H groups in total. The number of carbonyl (C=O) groups excluding carboxylic acids is 1. The summed E-state index contributed by atoms with van der Waals surface area (Å²) in [4.78, 5) is 18.7. The van der Waals surface area contributed by atoms with Crippen LogP contribution in [0, 0.1) is 6.92 Å². The number of hydrogen-bond acceptors (Lipinski definition) is 4. The van der Waals surface area contributed by atoms with Crippen molar-refractivity contribution in [3.63, 3.8) is 0 Å². The largest absolute Gasteiger partial charge is 0.336 e. The minimum Gasteiger partial charge on any atom is -0.336 e. The number of aromatic nitrogens is 2. The van der Waals surface area contributed by atoms with Crippen molar-refractivity contribution in [3.05, 3.63) is 69.1 Å². The SMILES string of the molecule is Cc1nn(-c2ccccc2)c(Cl)c1C(=O)N1CCN(Cc2cccs2)CC1. The quantitative estimate of drug-likeness (QED) is 0.667. The van der Waals surface area contributed by atoms with Gasteiger partial charge in [0.2, 0.25) is 0 Å². The van der Waals surface area contributed by atoms with Crippen molar-refractivity contribution in [2.75, 3.05) is 26.2 Å². The molecule has 3 heterocycles. The molecule has 0 saturated carbocycles. The van der Waals surface area contributed by atoms with E-state index in [0.29, 0.717) is 29.5 Å². The third-order valence-electron chi connectivity index (χ3n) is 4.84. The summed E-state index contributed by atoms with van der Waals surface area (Å²) in [6.45, 7) is 5.93. The molecular weight excluding hydrogens is 380 g/mol. The van der Waals surface area contributed by atoms with Gasteiger partial charge in [-0.25, -0.2) is 4.68 Å². The molecule has 1 aromatic carbocycles. The molecular formula is C20H21ClN4OS. The number of piperazine rings is 1. The molecule has 3 aromatic rings. The predicted octanol–water partition coefficient (Wildman–Crippen LogP) is 3.85. The van der Waals surface area contributed by atoms with Gasteiger partial charge in [-0.05, 0) is 30.5 Å². The summed E-state index contributed by atoms with van der Waals surface area (Å²) in [5.41, 5.74) is 2.02. The maximum atomic E-state index is 13.1. The zero-order chi connectivity index (χ0) is 18.8. The highest BCUT2D eigenvalue weighted by Gasteiger charge is 2.28. The van der Waals surface area contributed by atoms with Crippen LogP contribution in [-0.2, 0) is 6.54 Å². The Kier molecular flexibility index (Phi) is 5.29. The highest BCUT2D eigenvalue weighted by atomic mass is 35.5.